The zero-order valence-corrected chi connectivity index (χ0v) is 15.3. The molecule has 20 heavy (non-hydrogen) atoms. The van der Waals surface area contributed by atoms with Gasteiger partial charge in [0.2, 0.25) is 0 Å². The number of aromatic nitrogens is 1. The third-order valence-corrected chi connectivity index (χ3v) is 2.15. The van der Waals surface area contributed by atoms with Gasteiger partial charge in [0.1, 0.15) is 0 Å². The van der Waals surface area contributed by atoms with Crippen molar-refractivity contribution in [1.82, 2.24) is 10.3 Å². The first-order chi connectivity index (χ1) is 8.50. The molecule has 0 aromatic carbocycles. The summed E-state index contributed by atoms with van der Waals surface area (Å²) in [5, 5.41) is 23.1. The molecule has 1 amide bonds. The molecule has 0 saturated heterocycles. The van der Waals surface area contributed by atoms with Crippen LogP contribution in [0.15, 0.2) is 24.5 Å². The van der Waals surface area contributed by atoms with Gasteiger partial charge in [-0.1, -0.05) is 0 Å². The maximum absolute atomic E-state index is 11.6. The maximum atomic E-state index is 11.6. The van der Waals surface area contributed by atoms with Crippen molar-refractivity contribution >= 4 is 17.8 Å². The van der Waals surface area contributed by atoms with Crippen LogP contribution in [0.3, 0.4) is 0 Å². The summed E-state index contributed by atoms with van der Waals surface area (Å²) in [4.78, 5) is 36.3. The first-order valence-corrected chi connectivity index (χ1v) is 5.12. The maximum Gasteiger partial charge on any atom is 1.00 e. The molecule has 1 rings (SSSR count). The predicted octanol–water partition coefficient (Wildman–Crippen LogP) is -8.53. The van der Waals surface area contributed by atoms with E-state index in [-0.39, 0.29) is 71.1 Å². The molecule has 96 valence electrons. The topological polar surface area (TPSA) is 122 Å². The van der Waals surface area contributed by atoms with E-state index in [1.807, 2.05) is 0 Å². The third-order valence-electron chi connectivity index (χ3n) is 2.15. The Morgan fingerprint density at radius 3 is 2.35 bits per heavy atom. The van der Waals surface area contributed by atoms with Gasteiger partial charge in [-0.05, 0) is 25.0 Å². The molecule has 1 N–H and O–H groups in total. The van der Waals surface area contributed by atoms with Gasteiger partial charge in [-0.3, -0.25) is 9.78 Å². The molecule has 1 aromatic rings. The second-order valence-corrected chi connectivity index (χ2v) is 3.50. The molecule has 0 radical (unpaired) electrons. The molecule has 0 fully saturated rings. The van der Waals surface area contributed by atoms with Crippen LogP contribution in [0, 0.1) is 0 Å². The molecule has 0 aliphatic carbocycles. The van der Waals surface area contributed by atoms with Crippen LogP contribution >= 0.6 is 0 Å². The Hall–Kier alpha value is -0.440. The molecular weight excluding hydrogens is 286 g/mol. The van der Waals surface area contributed by atoms with Crippen molar-refractivity contribution < 1.29 is 83.7 Å². The van der Waals surface area contributed by atoms with Crippen LogP contribution < -0.4 is 74.6 Å². The van der Waals surface area contributed by atoms with Crippen molar-refractivity contribution in [3.05, 3.63) is 30.1 Å². The number of pyridine rings is 1. The first-order valence-electron chi connectivity index (χ1n) is 5.12. The minimum absolute atomic E-state index is 0. The van der Waals surface area contributed by atoms with Crippen LogP contribution in [0.25, 0.3) is 0 Å². The number of carbonyl (C=O) groups excluding carboxylic acids is 3. The number of aliphatic carboxylic acids is 2. The first kappa shape index (κ1) is 21.9. The average molecular weight is 296 g/mol. The van der Waals surface area contributed by atoms with Gasteiger partial charge in [0.25, 0.3) is 5.91 Å². The van der Waals surface area contributed by atoms with Crippen LogP contribution in [0.2, 0.25) is 0 Å². The number of hydrogen-bond acceptors (Lipinski definition) is 6. The van der Waals surface area contributed by atoms with E-state index in [0.717, 1.165) is 0 Å². The molecule has 0 unspecified atom stereocenters. The summed E-state index contributed by atoms with van der Waals surface area (Å²) >= 11 is 0. The van der Waals surface area contributed by atoms with Gasteiger partial charge in [-0.15, -0.1) is 0 Å². The fourth-order valence-electron chi connectivity index (χ4n) is 1.25. The van der Waals surface area contributed by atoms with Crippen molar-refractivity contribution in [2.75, 3.05) is 0 Å². The Labute approximate surface area is 159 Å². The van der Waals surface area contributed by atoms with Gasteiger partial charge >= 0.3 is 59.1 Å². The standard InChI is InChI=1S/C11H12N2O5.2Na/c14-9(15)4-3-8(11(17)18)13-10(16)7-2-1-5-12-6-7;;/h1-2,5-6,8H,3-4H2,(H,13,16)(H,14,15)(H,17,18);;/q;2*+1/p-2/t8-;;/m0../s1. The van der Waals surface area contributed by atoms with Crippen molar-refractivity contribution in [2.45, 2.75) is 18.9 Å². The fourth-order valence-corrected chi connectivity index (χ4v) is 1.25. The molecular formula is C11H10N2Na2O5. The van der Waals surface area contributed by atoms with Gasteiger partial charge < -0.3 is 25.1 Å². The number of hydrogen-bond donors (Lipinski definition) is 1. The number of carboxylic acids is 2. The van der Waals surface area contributed by atoms with Crippen molar-refractivity contribution in [3.63, 3.8) is 0 Å². The molecule has 0 aliphatic heterocycles. The molecule has 7 nitrogen and oxygen atoms in total. The van der Waals surface area contributed by atoms with Crippen LogP contribution in [0.1, 0.15) is 23.2 Å². The molecule has 0 aliphatic rings. The van der Waals surface area contributed by atoms with E-state index in [1.165, 1.54) is 24.5 Å². The minimum Gasteiger partial charge on any atom is -0.550 e. The van der Waals surface area contributed by atoms with Crippen molar-refractivity contribution in [3.8, 4) is 0 Å². The minimum atomic E-state index is -1.55. The van der Waals surface area contributed by atoms with E-state index in [2.05, 4.69) is 10.3 Å². The Balaban J connectivity index is 0. The smallest absolute Gasteiger partial charge is 0.550 e. The summed E-state index contributed by atoms with van der Waals surface area (Å²) in [5.74, 6) is -3.60. The van der Waals surface area contributed by atoms with Gasteiger partial charge in [-0.25, -0.2) is 0 Å². The average Bonchev–Trinajstić information content (AvgIpc) is 2.34. The number of carbonyl (C=O) groups is 3. The van der Waals surface area contributed by atoms with E-state index in [4.69, 9.17) is 0 Å². The van der Waals surface area contributed by atoms with Gasteiger partial charge in [0.15, 0.2) is 0 Å². The monoisotopic (exact) mass is 296 g/mol. The van der Waals surface area contributed by atoms with Gasteiger partial charge in [0.05, 0.1) is 17.6 Å². The quantitative estimate of drug-likeness (QED) is 0.520. The zero-order valence-electron chi connectivity index (χ0n) is 11.3. The van der Waals surface area contributed by atoms with E-state index < -0.39 is 30.3 Å². The fraction of sp³-hybridized carbons (Fsp3) is 0.273. The Kier molecular flexibility index (Phi) is 12.3. The predicted molar refractivity (Wildman–Crippen MR) is 54.7 cm³/mol. The molecule has 0 bridgehead atoms. The molecule has 1 heterocycles. The van der Waals surface area contributed by atoms with Crippen molar-refractivity contribution in [2.24, 2.45) is 0 Å². The largest absolute Gasteiger partial charge is 1.00 e. The second-order valence-electron chi connectivity index (χ2n) is 3.50. The second kappa shape index (κ2) is 11.2. The number of rotatable bonds is 6. The van der Waals surface area contributed by atoms with E-state index >= 15 is 0 Å². The summed E-state index contributed by atoms with van der Waals surface area (Å²) in [6.07, 6.45) is 1.95. The number of amides is 1. The van der Waals surface area contributed by atoms with Crippen LogP contribution in [0.5, 0.6) is 0 Å². The van der Waals surface area contributed by atoms with Crippen LogP contribution in [-0.2, 0) is 9.59 Å². The molecule has 1 atom stereocenters. The van der Waals surface area contributed by atoms with Crippen LogP contribution in [-0.4, -0.2) is 28.9 Å². The zero-order chi connectivity index (χ0) is 13.5. The normalized spacial score (nSPS) is 10.4. The number of carboxylic acid groups (broad SMARTS) is 2. The summed E-state index contributed by atoms with van der Waals surface area (Å²) in [7, 11) is 0. The summed E-state index contributed by atoms with van der Waals surface area (Å²) < 4.78 is 0. The van der Waals surface area contributed by atoms with Crippen molar-refractivity contribution in [1.29, 1.82) is 0 Å². The SMILES string of the molecule is O=C([O-])CC[C@H](NC(=O)c1cccnc1)C(=O)[O-].[Na+].[Na+]. The summed E-state index contributed by atoms with van der Waals surface area (Å²) in [5.41, 5.74) is 0.178. The third kappa shape index (κ3) is 7.98. The van der Waals surface area contributed by atoms with E-state index in [1.54, 1.807) is 0 Å². The number of nitrogens with zero attached hydrogens (tertiary/aromatic N) is 1. The molecule has 0 spiro atoms. The Bertz CT molecular complexity index is 455. The Morgan fingerprint density at radius 1 is 1.25 bits per heavy atom. The van der Waals surface area contributed by atoms with E-state index in [9.17, 15) is 24.6 Å². The van der Waals surface area contributed by atoms with Crippen LogP contribution in [0.4, 0.5) is 0 Å². The summed E-state index contributed by atoms with van der Waals surface area (Å²) in [6, 6.07) is 1.59. The molecule has 0 saturated carbocycles. The summed E-state index contributed by atoms with van der Waals surface area (Å²) in [6.45, 7) is 0. The Morgan fingerprint density at radius 2 is 1.90 bits per heavy atom. The van der Waals surface area contributed by atoms with Gasteiger partial charge in [0, 0.05) is 18.4 Å². The molecule has 9 heteroatoms. The number of nitrogens with one attached hydrogen (secondary N) is 1. The molecule has 1 aromatic heterocycles. The van der Waals surface area contributed by atoms with Gasteiger partial charge in [-0.2, -0.15) is 0 Å². The van der Waals surface area contributed by atoms with E-state index in [0.29, 0.717) is 0 Å².